The minimum absolute atomic E-state index is 0.166. The lowest BCUT2D eigenvalue weighted by Crippen LogP contribution is -2.50. The van der Waals surface area contributed by atoms with Crippen LogP contribution in [-0.2, 0) is 9.53 Å². The quantitative estimate of drug-likeness (QED) is 0.852. The topological polar surface area (TPSA) is 94.7 Å². The summed E-state index contributed by atoms with van der Waals surface area (Å²) in [5.41, 5.74) is 5.66. The van der Waals surface area contributed by atoms with Gasteiger partial charge in [0, 0.05) is 18.8 Å². The van der Waals surface area contributed by atoms with E-state index in [0.717, 1.165) is 0 Å². The summed E-state index contributed by atoms with van der Waals surface area (Å²) in [6.07, 6.45) is 0.728. The smallest absolute Gasteiger partial charge is 0.255 e. The third-order valence-corrected chi connectivity index (χ3v) is 3.22. The van der Waals surface area contributed by atoms with E-state index in [1.807, 2.05) is 13.8 Å². The van der Waals surface area contributed by atoms with E-state index in [1.54, 1.807) is 17.0 Å². The van der Waals surface area contributed by atoms with Crippen LogP contribution >= 0.6 is 0 Å². The highest BCUT2D eigenvalue weighted by molar-refractivity contribution is 5.94. The average molecular weight is 307 g/mol. The molecule has 0 aliphatic carbocycles. The van der Waals surface area contributed by atoms with Gasteiger partial charge in [-0.25, -0.2) is 4.98 Å². The second-order valence-corrected chi connectivity index (χ2v) is 5.60. The molecule has 0 radical (unpaired) electrons. The van der Waals surface area contributed by atoms with Crippen molar-refractivity contribution in [3.05, 3.63) is 23.9 Å². The van der Waals surface area contributed by atoms with Crippen molar-refractivity contribution < 1.29 is 19.1 Å². The van der Waals surface area contributed by atoms with E-state index in [4.69, 9.17) is 15.2 Å². The van der Waals surface area contributed by atoms with E-state index >= 15 is 0 Å². The normalized spacial score (nSPS) is 18.3. The predicted molar refractivity (Wildman–Crippen MR) is 79.4 cm³/mol. The van der Waals surface area contributed by atoms with E-state index in [2.05, 4.69) is 4.98 Å². The molecule has 7 nitrogen and oxygen atoms in total. The molecule has 1 aliphatic heterocycles. The lowest BCUT2D eigenvalue weighted by Gasteiger charge is -2.31. The van der Waals surface area contributed by atoms with Crippen LogP contribution in [0.4, 0.5) is 0 Å². The summed E-state index contributed by atoms with van der Waals surface area (Å²) in [4.78, 5) is 29.2. The van der Waals surface area contributed by atoms with Crippen molar-refractivity contribution in [3.8, 4) is 5.88 Å². The van der Waals surface area contributed by atoms with Gasteiger partial charge in [-0.05, 0) is 12.0 Å². The zero-order chi connectivity index (χ0) is 16.1. The molecule has 0 aromatic carbocycles. The van der Waals surface area contributed by atoms with E-state index in [-0.39, 0.29) is 12.5 Å². The zero-order valence-electron chi connectivity index (χ0n) is 12.8. The molecular weight excluding hydrogens is 286 g/mol. The van der Waals surface area contributed by atoms with Crippen LogP contribution in [0.5, 0.6) is 5.88 Å². The van der Waals surface area contributed by atoms with Gasteiger partial charge < -0.3 is 20.1 Å². The second kappa shape index (κ2) is 7.22. The Labute approximate surface area is 129 Å². The van der Waals surface area contributed by atoms with Crippen molar-refractivity contribution in [2.75, 3.05) is 26.3 Å². The molecule has 0 saturated carbocycles. The maximum atomic E-state index is 12.4. The molecule has 2 heterocycles. The molecule has 0 unspecified atom stereocenters. The molecule has 0 spiro atoms. The molecule has 1 saturated heterocycles. The van der Waals surface area contributed by atoms with Crippen LogP contribution < -0.4 is 10.5 Å². The minimum Gasteiger partial charge on any atom is -0.477 e. The highest BCUT2D eigenvalue weighted by Crippen LogP contribution is 2.13. The number of rotatable bonds is 5. The van der Waals surface area contributed by atoms with Crippen molar-refractivity contribution in [3.63, 3.8) is 0 Å². The van der Waals surface area contributed by atoms with E-state index in [9.17, 15) is 9.59 Å². The molecule has 1 aromatic heterocycles. The lowest BCUT2D eigenvalue weighted by atomic mass is 10.2. The van der Waals surface area contributed by atoms with E-state index in [0.29, 0.717) is 37.1 Å². The van der Waals surface area contributed by atoms with Crippen molar-refractivity contribution in [1.29, 1.82) is 0 Å². The summed E-state index contributed by atoms with van der Waals surface area (Å²) in [6.45, 7) is 5.55. The minimum atomic E-state index is -0.751. The highest BCUT2D eigenvalue weighted by Gasteiger charge is 2.28. The molecule has 22 heavy (non-hydrogen) atoms. The van der Waals surface area contributed by atoms with Gasteiger partial charge in [-0.1, -0.05) is 13.8 Å². The lowest BCUT2D eigenvalue weighted by molar-refractivity contribution is -0.133. The zero-order valence-corrected chi connectivity index (χ0v) is 12.8. The van der Waals surface area contributed by atoms with Crippen molar-refractivity contribution in [1.82, 2.24) is 9.88 Å². The first-order chi connectivity index (χ1) is 10.5. The number of primary amides is 1. The fourth-order valence-corrected chi connectivity index (χ4v) is 2.03. The Morgan fingerprint density at radius 2 is 2.27 bits per heavy atom. The van der Waals surface area contributed by atoms with E-state index in [1.165, 1.54) is 6.20 Å². The molecule has 7 heteroatoms. The van der Waals surface area contributed by atoms with Crippen molar-refractivity contribution in [2.45, 2.75) is 20.0 Å². The summed E-state index contributed by atoms with van der Waals surface area (Å²) < 4.78 is 10.7. The SMILES string of the molecule is CC(C)COc1ccc(C(=O)N2CCO[C@H](C(N)=O)C2)cn1. The third-order valence-electron chi connectivity index (χ3n) is 3.22. The molecule has 1 fully saturated rings. The molecule has 1 atom stereocenters. The Hall–Kier alpha value is -2.15. The first-order valence-corrected chi connectivity index (χ1v) is 7.26. The summed E-state index contributed by atoms with van der Waals surface area (Å²) in [5.74, 6) is 0.134. The summed E-state index contributed by atoms with van der Waals surface area (Å²) >= 11 is 0. The van der Waals surface area contributed by atoms with Crippen LogP contribution in [0.1, 0.15) is 24.2 Å². The first kappa shape index (κ1) is 16.2. The number of hydrogen-bond donors (Lipinski definition) is 1. The van der Waals surface area contributed by atoms with Gasteiger partial charge in [0.2, 0.25) is 11.8 Å². The van der Waals surface area contributed by atoms with Gasteiger partial charge in [-0.3, -0.25) is 9.59 Å². The van der Waals surface area contributed by atoms with Gasteiger partial charge in [0.15, 0.2) is 6.10 Å². The molecule has 120 valence electrons. The van der Waals surface area contributed by atoms with Gasteiger partial charge in [-0.2, -0.15) is 0 Å². The number of aromatic nitrogens is 1. The second-order valence-electron chi connectivity index (χ2n) is 5.60. The van der Waals surface area contributed by atoms with Crippen molar-refractivity contribution in [2.24, 2.45) is 11.7 Å². The molecule has 2 rings (SSSR count). The summed E-state index contributed by atoms with van der Waals surface area (Å²) in [6, 6.07) is 3.33. The number of nitrogens with zero attached hydrogens (tertiary/aromatic N) is 2. The van der Waals surface area contributed by atoms with Gasteiger partial charge in [0.05, 0.1) is 25.3 Å². The standard InChI is InChI=1S/C15H21N3O4/c1-10(2)9-22-13-4-3-11(7-17-13)15(20)18-5-6-21-12(8-18)14(16)19/h3-4,7,10,12H,5-6,8-9H2,1-2H3,(H2,16,19)/t12-/m0/s1. The van der Waals surface area contributed by atoms with Crippen LogP contribution in [0, 0.1) is 5.92 Å². The highest BCUT2D eigenvalue weighted by atomic mass is 16.5. The largest absolute Gasteiger partial charge is 0.477 e. The number of carbonyl (C=O) groups is 2. The third kappa shape index (κ3) is 4.17. The summed E-state index contributed by atoms with van der Waals surface area (Å²) in [7, 11) is 0. The Balaban J connectivity index is 1.98. The van der Waals surface area contributed by atoms with Gasteiger partial charge in [0.1, 0.15) is 0 Å². The van der Waals surface area contributed by atoms with Crippen LogP contribution in [0.25, 0.3) is 0 Å². The van der Waals surface area contributed by atoms with E-state index < -0.39 is 12.0 Å². The van der Waals surface area contributed by atoms with Crippen LogP contribution in [0.2, 0.25) is 0 Å². The maximum absolute atomic E-state index is 12.4. The van der Waals surface area contributed by atoms with Gasteiger partial charge >= 0.3 is 0 Å². The van der Waals surface area contributed by atoms with Crippen LogP contribution in [-0.4, -0.2) is 54.1 Å². The number of amides is 2. The molecule has 2 N–H and O–H groups in total. The van der Waals surface area contributed by atoms with Crippen molar-refractivity contribution >= 4 is 11.8 Å². The molecule has 1 aliphatic rings. The number of pyridine rings is 1. The fourth-order valence-electron chi connectivity index (χ4n) is 2.03. The van der Waals surface area contributed by atoms with Crippen LogP contribution in [0.3, 0.4) is 0 Å². The van der Waals surface area contributed by atoms with Gasteiger partial charge in [0.25, 0.3) is 5.91 Å². The number of morpholine rings is 1. The molecule has 0 bridgehead atoms. The molecule has 2 amide bonds. The summed E-state index contributed by atoms with van der Waals surface area (Å²) in [5, 5.41) is 0. The van der Waals surface area contributed by atoms with Crippen LogP contribution in [0.15, 0.2) is 18.3 Å². The number of carbonyl (C=O) groups excluding carboxylic acids is 2. The first-order valence-electron chi connectivity index (χ1n) is 7.26. The average Bonchev–Trinajstić information content (AvgIpc) is 2.53. The molecular formula is C15H21N3O4. The maximum Gasteiger partial charge on any atom is 0.255 e. The molecule has 1 aromatic rings. The Kier molecular flexibility index (Phi) is 5.32. The number of hydrogen-bond acceptors (Lipinski definition) is 5. The number of ether oxygens (including phenoxy) is 2. The Morgan fingerprint density at radius 3 is 2.86 bits per heavy atom. The predicted octanol–water partition coefficient (Wildman–Crippen LogP) is 0.443. The Bertz CT molecular complexity index is 530. The Morgan fingerprint density at radius 1 is 1.50 bits per heavy atom. The fraction of sp³-hybridized carbons (Fsp3) is 0.533. The van der Waals surface area contributed by atoms with Gasteiger partial charge in [-0.15, -0.1) is 0 Å². The monoisotopic (exact) mass is 307 g/mol. The number of nitrogens with two attached hydrogens (primary N) is 1.